The summed E-state index contributed by atoms with van der Waals surface area (Å²) >= 11 is 38.0. The number of ketones is 1. The van der Waals surface area contributed by atoms with Gasteiger partial charge in [0.25, 0.3) is 11.8 Å². The van der Waals surface area contributed by atoms with E-state index in [0.29, 0.717) is 5.56 Å². The van der Waals surface area contributed by atoms with Crippen molar-refractivity contribution in [3.63, 3.8) is 0 Å². The number of halogens is 6. The fourth-order valence-electron chi connectivity index (χ4n) is 10.2. The predicted octanol–water partition coefficient (Wildman–Crippen LogP) is 11.7. The Morgan fingerprint density at radius 2 is 1.15 bits per heavy atom. The number of ether oxygens (including phenoxy) is 1. The fourth-order valence-corrected chi connectivity index (χ4v) is 11.7. The first-order chi connectivity index (χ1) is 43.0. The lowest BCUT2D eigenvalue weighted by Crippen LogP contribution is -2.49. The van der Waals surface area contributed by atoms with E-state index in [9.17, 15) is 75.7 Å². The van der Waals surface area contributed by atoms with Gasteiger partial charge in [0, 0.05) is 36.6 Å². The number of carbonyl (C=O) groups excluding carboxylic acids is 3. The monoisotopic (exact) mass is 1360 g/mol. The minimum atomic E-state index is -2.66. The molecule has 91 heavy (non-hydrogen) atoms. The molecule has 5 heterocycles. The number of nitrogens with one attached hydrogen (secondary N) is 1. The Kier molecular flexibility index (Phi) is 18.0. The van der Waals surface area contributed by atoms with Crippen molar-refractivity contribution in [2.45, 2.75) is 54.7 Å². The number of aliphatic carboxylic acids is 1. The number of rotatable bonds is 9. The van der Waals surface area contributed by atoms with Crippen LogP contribution >= 0.6 is 69.6 Å². The van der Waals surface area contributed by atoms with Crippen LogP contribution in [0.1, 0.15) is 74.3 Å². The molecule has 9 bridgehead atoms. The average molecular weight is 1360 g/mol. The van der Waals surface area contributed by atoms with Crippen molar-refractivity contribution in [3.05, 3.63) is 184 Å². The van der Waals surface area contributed by atoms with Gasteiger partial charge in [-0.15, -0.1) is 0 Å². The number of carboxylic acid groups (broad SMARTS) is 1. The second-order valence-electron chi connectivity index (χ2n) is 20.9. The quantitative estimate of drug-likeness (QED) is 0.0276. The molecule has 13 N–H and O–H groups in total. The van der Waals surface area contributed by atoms with Gasteiger partial charge in [0.2, 0.25) is 35.3 Å². The number of phenolic OH excluding ortho intramolecular Hbond substituents is 5. The molecule has 7 unspecified atom stereocenters. The SMILES string of the molecule is CN1C(=O)C(c2cc(Cl)c(O)c(Cl)c2)N=C(O)C2N=C(O)C(c3cc(Cl)c(O)c(Cl)c3)N=C(O)C(NC(=O)C(=O)c3cc(Cl)c(O)c(Cl)c3)CC3(O)C(O)=Nc4cc(ccc43)-c3cc2cc(c3O)Oc2ccc(cc2)CC1C(O)=NC(C(=O)O)c1ccc(O)cc1. The summed E-state index contributed by atoms with van der Waals surface area (Å²) in [5, 5.41) is 138. The van der Waals surface area contributed by atoms with Crippen LogP contribution in [0.5, 0.6) is 40.2 Å². The van der Waals surface area contributed by atoms with Crippen LogP contribution in [0.25, 0.3) is 11.1 Å². The molecule has 5 aliphatic rings. The number of carboxylic acids is 1. The van der Waals surface area contributed by atoms with Crippen LogP contribution in [-0.2, 0) is 26.4 Å². The van der Waals surface area contributed by atoms with Crippen molar-refractivity contribution in [1.82, 2.24) is 10.2 Å². The smallest absolute Gasteiger partial charge is 0.333 e. The molecular formula is C61H45Cl6N7O17. The Bertz CT molecular complexity index is 4290. The van der Waals surface area contributed by atoms with Crippen LogP contribution in [0.15, 0.2) is 140 Å². The second-order valence-corrected chi connectivity index (χ2v) is 23.3. The number of nitrogens with zero attached hydrogens (tertiary/aromatic N) is 6. The molecule has 24 nitrogen and oxygen atoms in total. The van der Waals surface area contributed by atoms with Gasteiger partial charge in [0.1, 0.15) is 23.6 Å². The number of hydrogen-bond acceptors (Lipinski definition) is 16. The van der Waals surface area contributed by atoms with Gasteiger partial charge in [-0.2, -0.15) is 0 Å². The van der Waals surface area contributed by atoms with E-state index in [0.717, 1.165) is 47.4 Å². The normalized spacial score (nSPS) is 20.5. The number of carbonyl (C=O) groups is 4. The lowest BCUT2D eigenvalue weighted by molar-refractivity contribution is -0.138. The van der Waals surface area contributed by atoms with Crippen LogP contribution in [0.4, 0.5) is 5.69 Å². The molecule has 0 spiro atoms. The highest BCUT2D eigenvalue weighted by atomic mass is 35.5. The second kappa shape index (κ2) is 25.4. The summed E-state index contributed by atoms with van der Waals surface area (Å²) in [4.78, 5) is 78.7. The number of aliphatic hydroxyl groups is 6. The average Bonchev–Trinajstić information content (AvgIpc) is 1.63. The molecule has 0 saturated heterocycles. The van der Waals surface area contributed by atoms with Crippen LogP contribution in [-0.4, -0.2) is 138 Å². The number of aliphatic hydroxyl groups excluding tert-OH is 5. The third-order valence-electron chi connectivity index (χ3n) is 15.0. The molecule has 7 aromatic carbocycles. The highest BCUT2D eigenvalue weighted by Crippen LogP contribution is 2.49. The van der Waals surface area contributed by atoms with Gasteiger partial charge < -0.3 is 76.2 Å². The van der Waals surface area contributed by atoms with Gasteiger partial charge >= 0.3 is 5.97 Å². The molecule has 7 atom stereocenters. The van der Waals surface area contributed by atoms with E-state index in [-0.39, 0.29) is 68.3 Å². The Labute approximate surface area is 543 Å². The van der Waals surface area contributed by atoms with Gasteiger partial charge in [0.05, 0.1) is 35.8 Å². The number of amides is 2. The van der Waals surface area contributed by atoms with E-state index in [1.807, 2.05) is 0 Å². The van der Waals surface area contributed by atoms with Crippen LogP contribution in [0.3, 0.4) is 0 Å². The summed E-state index contributed by atoms with van der Waals surface area (Å²) in [5.41, 5.74) is -4.07. The van der Waals surface area contributed by atoms with Crippen LogP contribution < -0.4 is 10.1 Å². The summed E-state index contributed by atoms with van der Waals surface area (Å²) in [6.07, 6.45) is -1.35. The summed E-state index contributed by atoms with van der Waals surface area (Å²) in [6.45, 7) is 0. The van der Waals surface area contributed by atoms with Crippen molar-refractivity contribution >= 4 is 128 Å². The van der Waals surface area contributed by atoms with Gasteiger partial charge in [-0.1, -0.05) is 106 Å². The van der Waals surface area contributed by atoms with E-state index < -0.39 is 160 Å². The first kappa shape index (κ1) is 64.5. The number of fused-ring (bicyclic) bond motifs is 12. The number of hydrogen-bond donors (Lipinski definition) is 13. The predicted molar refractivity (Wildman–Crippen MR) is 336 cm³/mol. The van der Waals surface area contributed by atoms with Gasteiger partial charge in [0.15, 0.2) is 58.5 Å². The van der Waals surface area contributed by atoms with E-state index in [1.165, 1.54) is 79.8 Å². The number of likely N-dealkylation sites (N-methyl/N-ethyl adjacent to an activating group) is 1. The lowest BCUT2D eigenvalue weighted by Gasteiger charge is -2.30. The molecule has 468 valence electrons. The van der Waals surface area contributed by atoms with Crippen molar-refractivity contribution in [1.29, 1.82) is 0 Å². The van der Waals surface area contributed by atoms with Crippen LogP contribution in [0, 0.1) is 0 Å². The summed E-state index contributed by atoms with van der Waals surface area (Å²) < 4.78 is 6.34. The Hall–Kier alpha value is -9.53. The van der Waals surface area contributed by atoms with Crippen molar-refractivity contribution in [2.24, 2.45) is 25.0 Å². The van der Waals surface area contributed by atoms with Gasteiger partial charge in [-0.25, -0.2) is 29.8 Å². The molecule has 0 aromatic heterocycles. The minimum Gasteiger partial charge on any atom is -0.508 e. The number of aromatic hydroxyl groups is 5. The largest absolute Gasteiger partial charge is 0.508 e. The van der Waals surface area contributed by atoms with Crippen LogP contribution in [0.2, 0.25) is 30.1 Å². The highest BCUT2D eigenvalue weighted by Gasteiger charge is 2.47. The topological polar surface area (TPSA) is 397 Å². The zero-order chi connectivity index (χ0) is 65.8. The Morgan fingerprint density at radius 3 is 1.71 bits per heavy atom. The number of Topliss-reactive ketones (excluding diaryl/α,β-unsaturated/α-hetero) is 1. The standard InChI is InChI=1S/C61H45Cl6N7O17/c1-74-42(54(82)73-47(59(87)88)24-4-7-30(75)8-5-24)12-23-2-9-31(10-3-23)91-43-21-26-13-32(49(43)77)25-6-11-33-40(20-25)69-60(89)61(33,90)22-41(68-57(85)48(76)29-18-38(66)52(80)39(67)19-29)53(81)70-45(27-14-34(62)50(78)35(63)15-27)55(83)71-44(26)56(84)72-46(58(74)86)28-16-36(64)51(79)37(65)17-28/h2-11,13-21,41-42,44-47,75,77-80,90H,12,22H2,1H3,(H,68,85)(H,69,89)(H,70,81)(H,71,83)(H,72,84)(H,73,82)(H,87,88). The number of aliphatic imine (C=N–C) groups is 5. The van der Waals surface area contributed by atoms with E-state index in [4.69, 9.17) is 74.3 Å². The first-order valence-electron chi connectivity index (χ1n) is 26.5. The van der Waals surface area contributed by atoms with Gasteiger partial charge in [-0.3, -0.25) is 14.4 Å². The highest BCUT2D eigenvalue weighted by molar-refractivity contribution is 6.45. The van der Waals surface area contributed by atoms with E-state index >= 15 is 4.79 Å². The maximum absolute atomic E-state index is 15.5. The lowest BCUT2D eigenvalue weighted by atomic mass is 9.86. The molecule has 30 heteroatoms. The molecule has 0 saturated carbocycles. The van der Waals surface area contributed by atoms with E-state index in [1.54, 1.807) is 0 Å². The van der Waals surface area contributed by atoms with E-state index in [2.05, 4.69) is 30.3 Å². The first-order valence-corrected chi connectivity index (χ1v) is 28.8. The molecule has 7 aromatic rings. The molecule has 2 amide bonds. The third-order valence-corrected chi connectivity index (χ3v) is 16.7. The maximum Gasteiger partial charge on any atom is 0.333 e. The van der Waals surface area contributed by atoms with Crippen molar-refractivity contribution in [3.8, 4) is 51.4 Å². The Morgan fingerprint density at radius 1 is 0.637 bits per heavy atom. The van der Waals surface area contributed by atoms with Crippen molar-refractivity contribution < 1.29 is 85.2 Å². The third kappa shape index (κ3) is 12.8. The molecule has 0 radical (unpaired) electrons. The molecular weight excluding hydrogens is 1320 g/mol. The van der Waals surface area contributed by atoms with Gasteiger partial charge in [-0.05, 0) is 112 Å². The number of benzene rings is 7. The minimum absolute atomic E-state index is 0.00662. The number of phenols is 5. The molecule has 5 aliphatic heterocycles. The fraction of sp³-hybridized carbons (Fsp3) is 0.164. The molecule has 0 aliphatic carbocycles. The maximum atomic E-state index is 15.5. The Balaban J connectivity index is 1.23. The summed E-state index contributed by atoms with van der Waals surface area (Å²) in [7, 11) is 1.18. The zero-order valence-corrected chi connectivity index (χ0v) is 50.7. The molecule has 12 rings (SSSR count). The summed E-state index contributed by atoms with van der Waals surface area (Å²) in [5.74, 6) is -14.4. The molecule has 0 fully saturated rings. The summed E-state index contributed by atoms with van der Waals surface area (Å²) in [6, 6.07) is 11.1. The zero-order valence-electron chi connectivity index (χ0n) is 46.2. The van der Waals surface area contributed by atoms with Crippen molar-refractivity contribution in [2.75, 3.05) is 7.05 Å².